The third kappa shape index (κ3) is 14.3. The number of hydrogen-bond donors (Lipinski definition) is 9. The number of hydrogen-bond acceptors (Lipinski definition) is 15. The normalized spacial score (nSPS) is 33.4. The fraction of sp³-hybridized carbons (Fsp3) is 0.865. The molecule has 0 aromatic rings. The van der Waals surface area contributed by atoms with Gasteiger partial charge in [0.2, 0.25) is 12.2 Å². The van der Waals surface area contributed by atoms with Crippen molar-refractivity contribution >= 4 is 18.1 Å². The van der Waals surface area contributed by atoms with E-state index >= 15 is 0 Å². The molecule has 3 amide bonds. The molecule has 2 heterocycles. The van der Waals surface area contributed by atoms with Crippen LogP contribution in [0.25, 0.3) is 0 Å². The van der Waals surface area contributed by atoms with Crippen LogP contribution in [0.4, 0.5) is 9.59 Å². The monoisotopic (exact) mass is 789 g/mol. The highest BCUT2D eigenvalue weighted by atomic mass is 16.7. The van der Waals surface area contributed by atoms with Crippen molar-refractivity contribution in [1.82, 2.24) is 26.6 Å². The van der Waals surface area contributed by atoms with E-state index in [0.717, 1.165) is 13.0 Å². The molecule has 1 aliphatic carbocycles. The van der Waals surface area contributed by atoms with Gasteiger partial charge in [0.25, 0.3) is 0 Å². The van der Waals surface area contributed by atoms with Crippen LogP contribution in [0, 0.1) is 5.92 Å². The Labute approximate surface area is 324 Å². The minimum Gasteiger partial charge on any atom is -0.466 e. The zero-order valence-corrected chi connectivity index (χ0v) is 34.0. The van der Waals surface area contributed by atoms with Gasteiger partial charge in [0.05, 0.1) is 37.4 Å². The summed E-state index contributed by atoms with van der Waals surface area (Å²) in [5, 5.41) is 59.1. The summed E-state index contributed by atoms with van der Waals surface area (Å²) in [5.74, 6) is -0.640. The van der Waals surface area contributed by atoms with Crippen LogP contribution in [-0.2, 0) is 33.2 Å². The van der Waals surface area contributed by atoms with Crippen molar-refractivity contribution < 1.29 is 63.2 Å². The minimum absolute atomic E-state index is 0.0548. The first-order valence-corrected chi connectivity index (χ1v) is 19.2. The van der Waals surface area contributed by atoms with E-state index in [2.05, 4.69) is 26.6 Å². The number of ether oxygens (including phenoxy) is 6. The van der Waals surface area contributed by atoms with Crippen molar-refractivity contribution in [3.8, 4) is 0 Å². The highest BCUT2D eigenvalue weighted by molar-refractivity contribution is 5.81. The summed E-state index contributed by atoms with van der Waals surface area (Å²) < 4.78 is 35.4. The summed E-state index contributed by atoms with van der Waals surface area (Å²) >= 11 is 0. The Kier molecular flexibility index (Phi) is 17.0. The largest absolute Gasteiger partial charge is 0.466 e. The number of carbonyl (C=O) groups excluding carboxylic acids is 3. The first-order valence-electron chi connectivity index (χ1n) is 19.2. The number of likely N-dealkylation sites (N-methyl/N-ethyl adjacent to an activating group) is 1. The lowest BCUT2D eigenvalue weighted by Crippen LogP contribution is -2.68. The molecular formula is C37H67N5O13. The fourth-order valence-corrected chi connectivity index (χ4v) is 6.73. The van der Waals surface area contributed by atoms with E-state index in [1.54, 1.807) is 48.6 Å². The predicted molar refractivity (Wildman–Crippen MR) is 199 cm³/mol. The molecule has 1 saturated heterocycles. The van der Waals surface area contributed by atoms with Gasteiger partial charge in [-0.2, -0.15) is 0 Å². The molecule has 1 saturated carbocycles. The van der Waals surface area contributed by atoms with E-state index in [9.17, 15) is 34.8 Å². The number of amides is 3. The standard InChI is InChI=1S/C37H67N5O13/c1-11-15-39-18-21-12-13-22(42-34(48)55-36(6,7)8)31(51-21)52-27-20(2)17-23(41-30(46)24(43)14-16-40-33(47)54-35(3,4)5)28(25(27)44)53-32-26(45)29(38-10)37(9,49)19-50-32/h12,20,22-29,31-32,38-39,43-45,49H,11,13-19H2,1-10H3,(H,40,47)(H,41,46)(H,42,48)/t20-,22?,23+,24-,25-,26+,27+,28-,29+,31+,32+,37-/m0/s1. The summed E-state index contributed by atoms with van der Waals surface area (Å²) in [6.07, 6.45) is -7.29. The van der Waals surface area contributed by atoms with E-state index in [-0.39, 0.29) is 26.0 Å². The minimum atomic E-state index is -1.54. The summed E-state index contributed by atoms with van der Waals surface area (Å²) in [6, 6.07) is -2.49. The van der Waals surface area contributed by atoms with Gasteiger partial charge < -0.3 is 75.4 Å². The van der Waals surface area contributed by atoms with Gasteiger partial charge in [-0.1, -0.05) is 13.8 Å². The SMILES string of the molecule is CCCNCC1=CCC(NC(=O)OC(C)(C)C)[C@@H](O[C@H]2[C@H](O)[C@@H](O[C@H]3OC[C@](C)(O)[C@H](NC)[C@H]3O)[C@H](NC(=O)[C@@H](O)CCNC(=O)OC(C)(C)C)C[C@@H]2C)O1. The highest BCUT2D eigenvalue weighted by Crippen LogP contribution is 2.35. The number of alkyl carbamates (subject to hydrolysis) is 2. The molecule has 0 bridgehead atoms. The molecule has 318 valence electrons. The molecule has 9 N–H and O–H groups in total. The van der Waals surface area contributed by atoms with Crippen LogP contribution in [-0.4, -0.2) is 150 Å². The van der Waals surface area contributed by atoms with Gasteiger partial charge >= 0.3 is 12.2 Å². The number of aliphatic hydroxyl groups excluding tert-OH is 3. The Balaban J connectivity index is 1.84. The van der Waals surface area contributed by atoms with Gasteiger partial charge in [-0.05, 0) is 99.7 Å². The van der Waals surface area contributed by atoms with Crippen LogP contribution in [0.1, 0.15) is 88.0 Å². The Morgan fingerprint density at radius 3 is 2.20 bits per heavy atom. The molecule has 18 heteroatoms. The van der Waals surface area contributed by atoms with Crippen molar-refractivity contribution in [2.45, 2.75) is 166 Å². The second kappa shape index (κ2) is 20.1. The van der Waals surface area contributed by atoms with E-state index in [0.29, 0.717) is 18.7 Å². The Morgan fingerprint density at radius 2 is 1.58 bits per heavy atom. The molecular weight excluding hydrogens is 722 g/mol. The maximum atomic E-state index is 13.3. The van der Waals surface area contributed by atoms with Crippen LogP contribution < -0.4 is 26.6 Å². The molecule has 3 aliphatic rings. The molecule has 0 radical (unpaired) electrons. The maximum Gasteiger partial charge on any atom is 0.408 e. The van der Waals surface area contributed by atoms with Gasteiger partial charge in [0.1, 0.15) is 47.0 Å². The average molecular weight is 790 g/mol. The van der Waals surface area contributed by atoms with Gasteiger partial charge in [0.15, 0.2) is 6.29 Å². The molecule has 55 heavy (non-hydrogen) atoms. The molecule has 3 rings (SSSR count). The highest BCUT2D eigenvalue weighted by Gasteiger charge is 2.52. The van der Waals surface area contributed by atoms with Crippen LogP contribution in [0.5, 0.6) is 0 Å². The average Bonchev–Trinajstić information content (AvgIpc) is 3.05. The molecule has 2 aliphatic heterocycles. The summed E-state index contributed by atoms with van der Waals surface area (Å²) in [4.78, 5) is 38.2. The molecule has 0 aromatic heterocycles. The van der Waals surface area contributed by atoms with Crippen molar-refractivity contribution in [3.05, 3.63) is 11.8 Å². The molecule has 2 fully saturated rings. The van der Waals surface area contributed by atoms with E-state index < -0.39 is 102 Å². The lowest BCUT2D eigenvalue weighted by atomic mass is 9.79. The van der Waals surface area contributed by atoms with E-state index in [4.69, 9.17) is 28.4 Å². The number of aliphatic hydroxyl groups is 4. The lowest BCUT2D eigenvalue weighted by Gasteiger charge is -2.49. The van der Waals surface area contributed by atoms with Gasteiger partial charge in [-0.15, -0.1) is 0 Å². The summed E-state index contributed by atoms with van der Waals surface area (Å²) in [5.41, 5.74) is -2.93. The van der Waals surface area contributed by atoms with Gasteiger partial charge in [-0.3, -0.25) is 4.79 Å². The number of carbonyl (C=O) groups is 3. The van der Waals surface area contributed by atoms with Crippen LogP contribution in [0.2, 0.25) is 0 Å². The molecule has 0 aromatic carbocycles. The lowest BCUT2D eigenvalue weighted by molar-refractivity contribution is -0.306. The maximum absolute atomic E-state index is 13.3. The molecule has 18 nitrogen and oxygen atoms in total. The molecule has 1 unspecified atom stereocenters. The first-order chi connectivity index (χ1) is 25.5. The van der Waals surface area contributed by atoms with Crippen molar-refractivity contribution in [3.63, 3.8) is 0 Å². The number of nitrogens with one attached hydrogen (secondary N) is 5. The van der Waals surface area contributed by atoms with Gasteiger partial charge in [-0.25, -0.2) is 9.59 Å². The van der Waals surface area contributed by atoms with Gasteiger partial charge in [0, 0.05) is 6.54 Å². The molecule has 12 atom stereocenters. The zero-order chi connectivity index (χ0) is 41.3. The van der Waals surface area contributed by atoms with E-state index in [1.165, 1.54) is 6.92 Å². The fourth-order valence-electron chi connectivity index (χ4n) is 6.73. The van der Waals surface area contributed by atoms with Crippen LogP contribution in [0.15, 0.2) is 11.8 Å². The second-order valence-electron chi connectivity index (χ2n) is 16.9. The Bertz CT molecular complexity index is 1290. The summed E-state index contributed by atoms with van der Waals surface area (Å²) in [7, 11) is 1.57. The van der Waals surface area contributed by atoms with Crippen LogP contribution in [0.3, 0.4) is 0 Å². The number of rotatable bonds is 15. The van der Waals surface area contributed by atoms with Crippen molar-refractivity contribution in [2.75, 3.05) is 33.3 Å². The topological polar surface area (TPSA) is 248 Å². The molecule has 0 spiro atoms. The van der Waals surface area contributed by atoms with Crippen LogP contribution >= 0.6 is 0 Å². The Hall–Kier alpha value is -2.81. The third-order valence-electron chi connectivity index (χ3n) is 9.32. The van der Waals surface area contributed by atoms with Crippen molar-refractivity contribution in [1.29, 1.82) is 0 Å². The quantitative estimate of drug-likeness (QED) is 0.103. The smallest absolute Gasteiger partial charge is 0.408 e. The zero-order valence-electron chi connectivity index (χ0n) is 34.0. The second-order valence-corrected chi connectivity index (χ2v) is 16.9. The van der Waals surface area contributed by atoms with Crippen molar-refractivity contribution in [2.24, 2.45) is 5.92 Å². The Morgan fingerprint density at radius 1 is 0.945 bits per heavy atom. The third-order valence-corrected chi connectivity index (χ3v) is 9.32. The van der Waals surface area contributed by atoms with E-state index in [1.807, 2.05) is 19.9 Å². The summed E-state index contributed by atoms with van der Waals surface area (Å²) in [6.45, 7) is 16.6. The predicted octanol–water partition coefficient (Wildman–Crippen LogP) is 0.497. The first kappa shape index (κ1) is 46.6.